The molecule has 2 aromatic carbocycles. The average molecular weight is 908 g/mol. The summed E-state index contributed by atoms with van der Waals surface area (Å²) in [6, 6.07) is 14.0. The Hall–Kier alpha value is -5.40. The van der Waals surface area contributed by atoms with Crippen LogP contribution in [0.5, 0.6) is 5.75 Å². The monoisotopic (exact) mass is 907 g/mol. The molecule has 15 nitrogen and oxygen atoms in total. The van der Waals surface area contributed by atoms with Crippen LogP contribution in [0.3, 0.4) is 0 Å². The Morgan fingerprint density at radius 2 is 1.69 bits per heavy atom. The number of nitrogens with one attached hydrogen (secondary N) is 2. The maximum absolute atomic E-state index is 14.0. The number of nitrogens with zero attached hydrogens (tertiary/aromatic N) is 7. The largest absolute Gasteiger partial charge is 0.494 e. The second-order valence-corrected chi connectivity index (χ2v) is 18.5. The topological polar surface area (TPSA) is 176 Å². The van der Waals surface area contributed by atoms with Crippen molar-refractivity contribution in [2.75, 3.05) is 39.5 Å². The molecule has 3 N–H and O–H groups in total. The first kappa shape index (κ1) is 46.6. The fraction of sp³-hybridized carbons (Fsp3) is 0.533. The smallest absolute Gasteiger partial charge is 0.453 e. The number of carbonyl (C=O) groups excluding carboxylic acids is 3. The molecule has 2 aromatic heterocycles. The van der Waals surface area contributed by atoms with E-state index in [1.807, 2.05) is 69.6 Å². The standard InChI is InChI=1S/C45H56F3N9O6S/c1-28-39(64-27-50-28)32-9-7-29(8-10-32)24-49-41(60)35-23-33(58)25-56(35)42(61)40(44(2,3)4)51-38(59)26-62-21-5-6-22-63-34-13-11-30(12-14-34)31-17-19-55(20-18-31)37-16-15-36-52-53-43(45(46,47)48)57(36)54-37/h7-14,27,31,33,35,40,58H,5-6,15-26H2,1-4H3,(H,49,60)(H,51,59)/t33-,35+,40-/m1/s1. The minimum absolute atomic E-state index is 0.0172. The van der Waals surface area contributed by atoms with Crippen LogP contribution in [0.2, 0.25) is 0 Å². The van der Waals surface area contributed by atoms with E-state index in [1.54, 1.807) is 11.3 Å². The molecule has 19 heteroatoms. The number of fused-ring (bicyclic) bond motifs is 1. The molecule has 0 spiro atoms. The Kier molecular flexibility index (Phi) is 14.7. The van der Waals surface area contributed by atoms with Crippen molar-refractivity contribution in [1.82, 2.24) is 40.3 Å². The molecule has 0 saturated carbocycles. The SMILES string of the molecule is Cc1ncsc1-c1ccc(CNC(=O)[C@@H]2C[C@@H](O)CN2C(=O)[C@@H](NC(=O)COCCCCOc2ccc(C3CCN(C4=Nn5c(nnc5C(F)(F)F)CC4)CC3)cc2)C(C)(C)C)cc1. The summed E-state index contributed by atoms with van der Waals surface area (Å²) in [6.07, 6.45) is -1.48. The number of piperidine rings is 1. The van der Waals surface area contributed by atoms with E-state index in [0.29, 0.717) is 63.7 Å². The first-order chi connectivity index (χ1) is 30.5. The number of unbranched alkanes of at least 4 members (excludes halogenated alkanes) is 1. The number of amides is 3. The summed E-state index contributed by atoms with van der Waals surface area (Å²) >= 11 is 1.57. The van der Waals surface area contributed by atoms with Gasteiger partial charge in [-0.05, 0) is 72.8 Å². The predicted octanol–water partition coefficient (Wildman–Crippen LogP) is 5.70. The van der Waals surface area contributed by atoms with E-state index >= 15 is 0 Å². The number of thiazole rings is 1. The van der Waals surface area contributed by atoms with Crippen LogP contribution in [0, 0.1) is 12.3 Å². The zero-order valence-corrected chi connectivity index (χ0v) is 37.4. The molecule has 0 unspecified atom stereocenters. The Morgan fingerprint density at radius 1 is 0.969 bits per heavy atom. The molecule has 3 atom stereocenters. The lowest BCUT2D eigenvalue weighted by Gasteiger charge is -2.35. The Balaban J connectivity index is 0.795. The van der Waals surface area contributed by atoms with Gasteiger partial charge in [0.1, 0.15) is 30.3 Å². The highest BCUT2D eigenvalue weighted by atomic mass is 32.1. The molecular formula is C45H56F3N9O6S. The van der Waals surface area contributed by atoms with Gasteiger partial charge >= 0.3 is 6.18 Å². The van der Waals surface area contributed by atoms with Crippen molar-refractivity contribution in [2.24, 2.45) is 10.5 Å². The number of likely N-dealkylation sites (tertiary alicyclic amines) is 2. The van der Waals surface area contributed by atoms with E-state index < -0.39 is 47.4 Å². The summed E-state index contributed by atoms with van der Waals surface area (Å²) in [4.78, 5) is 49.2. The van der Waals surface area contributed by atoms with Gasteiger partial charge in [-0.15, -0.1) is 21.5 Å². The molecule has 3 aliphatic rings. The van der Waals surface area contributed by atoms with Gasteiger partial charge < -0.3 is 35.0 Å². The van der Waals surface area contributed by atoms with Crippen molar-refractivity contribution in [1.29, 1.82) is 0 Å². The quantitative estimate of drug-likeness (QED) is 0.126. The molecule has 0 radical (unpaired) electrons. The van der Waals surface area contributed by atoms with Gasteiger partial charge in [-0.25, -0.2) is 4.98 Å². The molecule has 2 fully saturated rings. The number of amidine groups is 1. The minimum atomic E-state index is -4.62. The van der Waals surface area contributed by atoms with E-state index in [0.717, 1.165) is 45.0 Å². The van der Waals surface area contributed by atoms with Gasteiger partial charge in [-0.2, -0.15) is 22.9 Å². The molecule has 4 aromatic rings. The van der Waals surface area contributed by atoms with E-state index in [4.69, 9.17) is 9.47 Å². The van der Waals surface area contributed by atoms with E-state index in [-0.39, 0.29) is 37.8 Å². The average Bonchev–Trinajstić information content (AvgIpc) is 4.02. The molecular weight excluding hydrogens is 852 g/mol. The number of aromatic nitrogens is 4. The Bertz CT molecular complexity index is 2270. The number of rotatable bonds is 15. The minimum Gasteiger partial charge on any atom is -0.494 e. The normalized spacial score (nSPS) is 18.7. The zero-order chi connectivity index (χ0) is 45.6. The Labute approximate surface area is 374 Å². The van der Waals surface area contributed by atoms with Crippen LogP contribution in [0.1, 0.15) is 93.7 Å². The van der Waals surface area contributed by atoms with Crippen molar-refractivity contribution in [2.45, 2.75) is 109 Å². The third-order valence-corrected chi connectivity index (χ3v) is 12.8. The lowest BCUT2D eigenvalue weighted by molar-refractivity contribution is -0.147. The third-order valence-electron chi connectivity index (χ3n) is 11.9. The summed E-state index contributed by atoms with van der Waals surface area (Å²) in [5, 5.41) is 27.5. The molecule has 5 heterocycles. The fourth-order valence-electron chi connectivity index (χ4n) is 8.31. The molecule has 0 aliphatic carbocycles. The number of aryl methyl sites for hydroxylation is 2. The third kappa shape index (κ3) is 11.5. The van der Waals surface area contributed by atoms with Gasteiger partial charge in [0.15, 0.2) is 5.82 Å². The first-order valence-electron chi connectivity index (χ1n) is 21.7. The highest BCUT2D eigenvalue weighted by Gasteiger charge is 2.45. The van der Waals surface area contributed by atoms with Crippen LogP contribution in [0.4, 0.5) is 13.2 Å². The molecule has 7 rings (SSSR count). The lowest BCUT2D eigenvalue weighted by Crippen LogP contribution is -2.58. The number of hydrogen-bond acceptors (Lipinski definition) is 12. The van der Waals surface area contributed by atoms with Crippen molar-refractivity contribution >= 4 is 34.9 Å². The van der Waals surface area contributed by atoms with Crippen molar-refractivity contribution in [3.8, 4) is 16.2 Å². The van der Waals surface area contributed by atoms with Crippen molar-refractivity contribution in [3.05, 3.63) is 82.5 Å². The molecule has 0 bridgehead atoms. The van der Waals surface area contributed by atoms with Crippen molar-refractivity contribution < 1.29 is 42.1 Å². The van der Waals surface area contributed by atoms with Crippen LogP contribution in [0.25, 0.3) is 10.4 Å². The number of alkyl halides is 3. The van der Waals surface area contributed by atoms with Crippen LogP contribution < -0.4 is 15.4 Å². The summed E-state index contributed by atoms with van der Waals surface area (Å²) in [5.41, 5.74) is 5.19. The van der Waals surface area contributed by atoms with Gasteiger partial charge in [0.2, 0.25) is 17.7 Å². The van der Waals surface area contributed by atoms with E-state index in [1.165, 1.54) is 10.5 Å². The van der Waals surface area contributed by atoms with Crippen LogP contribution in [0.15, 0.2) is 59.1 Å². The summed E-state index contributed by atoms with van der Waals surface area (Å²) in [6.45, 7) is 9.60. The van der Waals surface area contributed by atoms with E-state index in [2.05, 4.69) is 47.9 Å². The number of benzene rings is 2. The first-order valence-corrected chi connectivity index (χ1v) is 22.6. The number of β-amino-alcohol motifs (C(OH)–C–C–N with tert-alkyl or cyclic N) is 1. The second kappa shape index (κ2) is 20.2. The zero-order valence-electron chi connectivity index (χ0n) is 36.6. The van der Waals surface area contributed by atoms with Gasteiger partial charge in [0, 0.05) is 52.0 Å². The van der Waals surface area contributed by atoms with Gasteiger partial charge in [0.25, 0.3) is 5.82 Å². The van der Waals surface area contributed by atoms with E-state index in [9.17, 15) is 32.7 Å². The maximum atomic E-state index is 14.0. The molecule has 2 saturated heterocycles. The predicted molar refractivity (Wildman–Crippen MR) is 233 cm³/mol. The van der Waals surface area contributed by atoms with Gasteiger partial charge in [-0.3, -0.25) is 14.4 Å². The van der Waals surface area contributed by atoms with Crippen LogP contribution >= 0.6 is 11.3 Å². The highest BCUT2D eigenvalue weighted by molar-refractivity contribution is 7.13. The van der Waals surface area contributed by atoms with Crippen molar-refractivity contribution in [3.63, 3.8) is 0 Å². The van der Waals surface area contributed by atoms with Gasteiger partial charge in [0.05, 0.1) is 28.8 Å². The van der Waals surface area contributed by atoms with Crippen LogP contribution in [-0.2, 0) is 38.3 Å². The second-order valence-electron chi connectivity index (χ2n) is 17.6. The fourth-order valence-corrected chi connectivity index (χ4v) is 9.12. The number of aliphatic hydroxyl groups excluding tert-OH is 1. The number of aliphatic hydroxyl groups is 1. The molecule has 3 aliphatic heterocycles. The number of carbonyl (C=O) groups is 3. The van der Waals surface area contributed by atoms with Gasteiger partial charge in [-0.1, -0.05) is 57.2 Å². The molecule has 3 amide bonds. The highest BCUT2D eigenvalue weighted by Crippen LogP contribution is 2.33. The molecule has 64 heavy (non-hydrogen) atoms. The van der Waals surface area contributed by atoms with Crippen LogP contribution in [-0.4, -0.2) is 116 Å². The lowest BCUT2D eigenvalue weighted by atomic mass is 9.85. The maximum Gasteiger partial charge on any atom is 0.453 e. The molecule has 344 valence electrons. The summed E-state index contributed by atoms with van der Waals surface area (Å²) in [7, 11) is 0. The number of halogens is 3. The Morgan fingerprint density at radius 3 is 2.36 bits per heavy atom. The number of ether oxygens (including phenoxy) is 2. The summed E-state index contributed by atoms with van der Waals surface area (Å²) in [5.74, 6) is -0.465. The summed E-state index contributed by atoms with van der Waals surface area (Å²) < 4.78 is 52.5. The number of hydrogen-bond donors (Lipinski definition) is 3.